The van der Waals surface area contributed by atoms with Crippen LogP contribution in [-0.2, 0) is 9.59 Å². The predicted molar refractivity (Wildman–Crippen MR) is 98.1 cm³/mol. The van der Waals surface area contributed by atoms with Crippen LogP contribution in [0.25, 0.3) is 0 Å². The number of carbonyl (C=O) groups is 2. The van der Waals surface area contributed by atoms with Crippen LogP contribution in [0.15, 0.2) is 53.6 Å². The summed E-state index contributed by atoms with van der Waals surface area (Å²) >= 11 is 0. The number of amides is 2. The highest BCUT2D eigenvalue weighted by Crippen LogP contribution is 2.17. The molecule has 2 aromatic rings. The third-order valence-electron chi connectivity index (χ3n) is 3.13. The normalized spacial score (nSPS) is 10.0. The molecule has 26 heavy (non-hydrogen) atoms. The molecule has 7 heteroatoms. The van der Waals surface area contributed by atoms with Crippen molar-refractivity contribution in [3.63, 3.8) is 0 Å². The Kier molecular flexibility index (Phi) is 6.77. The van der Waals surface area contributed by atoms with E-state index in [2.05, 4.69) is 21.8 Å². The van der Waals surface area contributed by atoms with E-state index in [0.717, 1.165) is 0 Å². The molecular formula is C19H17N3O4. The Hall–Kier alpha value is -3.79. The Morgan fingerprint density at radius 3 is 2.77 bits per heavy atom. The van der Waals surface area contributed by atoms with Crippen LogP contribution >= 0.6 is 0 Å². The SMILES string of the molecule is C#CCOc1ccccc1/C=N\NC(=O)C(=O)Nc1cccc(OC)c1. The minimum atomic E-state index is -0.911. The third-order valence-corrected chi connectivity index (χ3v) is 3.13. The van der Waals surface area contributed by atoms with Crippen LogP contribution < -0.4 is 20.2 Å². The fraction of sp³-hybridized carbons (Fsp3) is 0.105. The van der Waals surface area contributed by atoms with Gasteiger partial charge in [-0.05, 0) is 24.3 Å². The van der Waals surface area contributed by atoms with Crippen molar-refractivity contribution < 1.29 is 19.1 Å². The molecule has 0 saturated carbocycles. The van der Waals surface area contributed by atoms with E-state index in [1.165, 1.54) is 13.3 Å². The molecule has 0 aliphatic rings. The maximum absolute atomic E-state index is 11.9. The van der Waals surface area contributed by atoms with Gasteiger partial charge in [0.25, 0.3) is 0 Å². The molecule has 132 valence electrons. The highest BCUT2D eigenvalue weighted by Gasteiger charge is 2.13. The summed E-state index contributed by atoms with van der Waals surface area (Å²) in [5.74, 6) is 1.68. The average molecular weight is 351 g/mol. The molecule has 0 aromatic heterocycles. The van der Waals surface area contributed by atoms with Crippen LogP contribution in [-0.4, -0.2) is 31.7 Å². The molecule has 0 heterocycles. The molecule has 7 nitrogen and oxygen atoms in total. The Labute approximate surface area is 151 Å². The number of para-hydroxylation sites is 1. The molecule has 2 aromatic carbocycles. The molecule has 2 rings (SSSR count). The van der Waals surface area contributed by atoms with Crippen LogP contribution in [0.4, 0.5) is 5.69 Å². The van der Waals surface area contributed by atoms with Gasteiger partial charge in [-0.25, -0.2) is 5.43 Å². The molecular weight excluding hydrogens is 334 g/mol. The van der Waals surface area contributed by atoms with E-state index < -0.39 is 11.8 Å². The first kappa shape index (κ1) is 18.5. The van der Waals surface area contributed by atoms with Crippen LogP contribution in [0.2, 0.25) is 0 Å². The first-order chi connectivity index (χ1) is 12.6. The number of methoxy groups -OCH3 is 1. The summed E-state index contributed by atoms with van der Waals surface area (Å²) in [4.78, 5) is 23.7. The number of terminal acetylenes is 1. The van der Waals surface area contributed by atoms with Gasteiger partial charge in [-0.1, -0.05) is 24.1 Å². The number of hydrogen-bond donors (Lipinski definition) is 2. The maximum atomic E-state index is 11.9. The lowest BCUT2D eigenvalue weighted by Crippen LogP contribution is -2.32. The molecule has 2 amide bonds. The van der Waals surface area contributed by atoms with Crippen molar-refractivity contribution in [1.82, 2.24) is 5.43 Å². The second-order valence-corrected chi connectivity index (χ2v) is 4.92. The molecule has 0 bridgehead atoms. The number of nitrogens with zero attached hydrogens (tertiary/aromatic N) is 1. The summed E-state index contributed by atoms with van der Waals surface area (Å²) in [6.45, 7) is 0.111. The highest BCUT2D eigenvalue weighted by atomic mass is 16.5. The fourth-order valence-corrected chi connectivity index (χ4v) is 1.94. The molecule has 2 N–H and O–H groups in total. The van der Waals surface area contributed by atoms with Gasteiger partial charge in [0, 0.05) is 17.3 Å². The number of ether oxygens (including phenoxy) is 2. The molecule has 0 unspecified atom stereocenters. The summed E-state index contributed by atoms with van der Waals surface area (Å²) in [5, 5.41) is 6.22. The summed E-state index contributed by atoms with van der Waals surface area (Å²) < 4.78 is 10.4. The topological polar surface area (TPSA) is 89.0 Å². The van der Waals surface area contributed by atoms with Crippen molar-refractivity contribution in [2.24, 2.45) is 5.10 Å². The standard InChI is InChI=1S/C19H17N3O4/c1-3-11-26-17-10-5-4-7-14(17)13-20-22-19(24)18(23)21-15-8-6-9-16(12-15)25-2/h1,4-10,12-13H,11H2,2H3,(H,21,23)(H,22,24)/b20-13-. The van der Waals surface area contributed by atoms with Gasteiger partial charge in [0.15, 0.2) is 0 Å². The van der Waals surface area contributed by atoms with E-state index in [0.29, 0.717) is 22.7 Å². The number of nitrogens with one attached hydrogen (secondary N) is 2. The zero-order valence-electron chi connectivity index (χ0n) is 14.1. The minimum Gasteiger partial charge on any atom is -0.497 e. The van der Waals surface area contributed by atoms with Crippen LogP contribution in [0.5, 0.6) is 11.5 Å². The third kappa shape index (κ3) is 5.39. The lowest BCUT2D eigenvalue weighted by Gasteiger charge is -2.06. The first-order valence-corrected chi connectivity index (χ1v) is 7.57. The van der Waals surface area contributed by atoms with Gasteiger partial charge in [0.1, 0.15) is 18.1 Å². The average Bonchev–Trinajstić information content (AvgIpc) is 2.67. The van der Waals surface area contributed by atoms with Gasteiger partial charge >= 0.3 is 11.8 Å². The number of hydrazone groups is 1. The second kappa shape index (κ2) is 9.49. The van der Waals surface area contributed by atoms with E-state index >= 15 is 0 Å². The Balaban J connectivity index is 1.94. The van der Waals surface area contributed by atoms with Crippen molar-refractivity contribution in [1.29, 1.82) is 0 Å². The van der Waals surface area contributed by atoms with Crippen LogP contribution in [0.3, 0.4) is 0 Å². The summed E-state index contributed by atoms with van der Waals surface area (Å²) in [7, 11) is 1.51. The monoisotopic (exact) mass is 351 g/mol. The van der Waals surface area contributed by atoms with E-state index in [4.69, 9.17) is 15.9 Å². The molecule has 0 radical (unpaired) electrons. The molecule has 0 saturated heterocycles. The van der Waals surface area contributed by atoms with Crippen molar-refractivity contribution in [2.45, 2.75) is 0 Å². The zero-order chi connectivity index (χ0) is 18.8. The Morgan fingerprint density at radius 1 is 1.19 bits per heavy atom. The maximum Gasteiger partial charge on any atom is 0.329 e. The molecule has 0 atom stereocenters. The molecule has 0 spiro atoms. The fourth-order valence-electron chi connectivity index (χ4n) is 1.94. The number of benzene rings is 2. The van der Waals surface area contributed by atoms with Gasteiger partial charge in [-0.3, -0.25) is 9.59 Å². The summed E-state index contributed by atoms with van der Waals surface area (Å²) in [5.41, 5.74) is 3.19. The number of rotatable bonds is 6. The van der Waals surface area contributed by atoms with Crippen molar-refractivity contribution >= 4 is 23.7 Å². The Bertz CT molecular complexity index is 856. The largest absolute Gasteiger partial charge is 0.497 e. The van der Waals surface area contributed by atoms with E-state index in [1.54, 1.807) is 48.5 Å². The summed E-state index contributed by atoms with van der Waals surface area (Å²) in [6, 6.07) is 13.7. The second-order valence-electron chi connectivity index (χ2n) is 4.92. The van der Waals surface area contributed by atoms with Crippen molar-refractivity contribution in [2.75, 3.05) is 19.0 Å². The highest BCUT2D eigenvalue weighted by molar-refractivity contribution is 6.39. The van der Waals surface area contributed by atoms with Crippen molar-refractivity contribution in [3.8, 4) is 23.8 Å². The number of carbonyl (C=O) groups excluding carboxylic acids is 2. The Morgan fingerprint density at radius 2 is 2.00 bits per heavy atom. The number of hydrogen-bond acceptors (Lipinski definition) is 5. The lowest BCUT2D eigenvalue weighted by atomic mass is 10.2. The van der Waals surface area contributed by atoms with Gasteiger partial charge in [0.05, 0.1) is 13.3 Å². The van der Waals surface area contributed by atoms with E-state index in [9.17, 15) is 9.59 Å². The molecule has 0 aliphatic carbocycles. The smallest absolute Gasteiger partial charge is 0.329 e. The van der Waals surface area contributed by atoms with E-state index in [1.807, 2.05) is 0 Å². The number of anilines is 1. The van der Waals surface area contributed by atoms with Gasteiger partial charge in [0.2, 0.25) is 0 Å². The quantitative estimate of drug-likeness (QED) is 0.359. The van der Waals surface area contributed by atoms with E-state index in [-0.39, 0.29) is 6.61 Å². The van der Waals surface area contributed by atoms with Gasteiger partial charge in [-0.15, -0.1) is 6.42 Å². The molecule has 0 fully saturated rings. The first-order valence-electron chi connectivity index (χ1n) is 7.57. The van der Waals surface area contributed by atoms with Crippen LogP contribution in [0, 0.1) is 12.3 Å². The van der Waals surface area contributed by atoms with Gasteiger partial charge in [-0.2, -0.15) is 5.10 Å². The molecule has 0 aliphatic heterocycles. The van der Waals surface area contributed by atoms with Crippen molar-refractivity contribution in [3.05, 3.63) is 54.1 Å². The summed E-state index contributed by atoms with van der Waals surface area (Å²) in [6.07, 6.45) is 6.53. The predicted octanol–water partition coefficient (Wildman–Crippen LogP) is 1.80. The zero-order valence-corrected chi connectivity index (χ0v) is 14.1. The van der Waals surface area contributed by atoms with Crippen LogP contribution in [0.1, 0.15) is 5.56 Å². The minimum absolute atomic E-state index is 0.111. The lowest BCUT2D eigenvalue weighted by molar-refractivity contribution is -0.136. The van der Waals surface area contributed by atoms with Gasteiger partial charge < -0.3 is 14.8 Å².